The summed E-state index contributed by atoms with van der Waals surface area (Å²) in [5.41, 5.74) is 0.793. The molecule has 1 aromatic heterocycles. The zero-order valence-corrected chi connectivity index (χ0v) is 8.98. The second-order valence-corrected chi connectivity index (χ2v) is 4.92. The molecule has 2 heterocycles. The molecule has 0 amide bonds. The Kier molecular flexibility index (Phi) is 2.18. The van der Waals surface area contributed by atoms with Gasteiger partial charge in [0.05, 0.1) is 15.2 Å². The average Bonchev–Trinajstić information content (AvgIpc) is 2.84. The maximum Gasteiger partial charge on any atom is 0.125 e. The van der Waals surface area contributed by atoms with Gasteiger partial charge in [0.1, 0.15) is 5.82 Å². The van der Waals surface area contributed by atoms with E-state index in [1.54, 1.807) is 11.3 Å². The number of aromatic nitrogens is 1. The zero-order valence-electron chi connectivity index (χ0n) is 8.16. The van der Waals surface area contributed by atoms with Crippen molar-refractivity contribution in [2.45, 2.75) is 12.3 Å². The average molecular weight is 222 g/mol. The van der Waals surface area contributed by atoms with Crippen molar-refractivity contribution in [1.29, 1.82) is 0 Å². The van der Waals surface area contributed by atoms with E-state index in [2.05, 4.69) is 10.3 Å². The van der Waals surface area contributed by atoms with Crippen molar-refractivity contribution in [2.75, 3.05) is 13.1 Å². The summed E-state index contributed by atoms with van der Waals surface area (Å²) in [4.78, 5) is 4.49. The number of nitrogens with one attached hydrogen (secondary N) is 1. The topological polar surface area (TPSA) is 24.9 Å². The van der Waals surface area contributed by atoms with E-state index >= 15 is 0 Å². The van der Waals surface area contributed by atoms with Crippen LogP contribution in [0.1, 0.15) is 17.3 Å². The SMILES string of the molecule is Fc1ccc2sc(C3CCNC3)nc2c1. The number of benzene rings is 1. The van der Waals surface area contributed by atoms with E-state index in [-0.39, 0.29) is 5.82 Å². The number of hydrogen-bond donors (Lipinski definition) is 1. The molecule has 2 aromatic rings. The van der Waals surface area contributed by atoms with Gasteiger partial charge in [0.25, 0.3) is 0 Å². The number of thiazole rings is 1. The summed E-state index contributed by atoms with van der Waals surface area (Å²) in [6.07, 6.45) is 1.14. The van der Waals surface area contributed by atoms with Gasteiger partial charge in [0.15, 0.2) is 0 Å². The first-order valence-electron chi connectivity index (χ1n) is 5.09. The van der Waals surface area contributed by atoms with Gasteiger partial charge in [0, 0.05) is 18.5 Å². The molecule has 1 N–H and O–H groups in total. The monoisotopic (exact) mass is 222 g/mol. The van der Waals surface area contributed by atoms with Gasteiger partial charge < -0.3 is 5.32 Å². The van der Waals surface area contributed by atoms with Crippen molar-refractivity contribution in [1.82, 2.24) is 10.3 Å². The highest BCUT2D eigenvalue weighted by Crippen LogP contribution is 2.30. The molecule has 1 aliphatic rings. The van der Waals surface area contributed by atoms with E-state index in [0.29, 0.717) is 5.92 Å². The Balaban J connectivity index is 2.05. The zero-order chi connectivity index (χ0) is 10.3. The van der Waals surface area contributed by atoms with Crippen LogP contribution in [0.25, 0.3) is 10.2 Å². The summed E-state index contributed by atoms with van der Waals surface area (Å²) in [7, 11) is 0. The van der Waals surface area contributed by atoms with Crippen LogP contribution in [0.2, 0.25) is 0 Å². The smallest absolute Gasteiger partial charge is 0.125 e. The number of rotatable bonds is 1. The van der Waals surface area contributed by atoms with Crippen LogP contribution in [0, 0.1) is 5.82 Å². The van der Waals surface area contributed by atoms with E-state index in [9.17, 15) is 4.39 Å². The van der Waals surface area contributed by atoms with Crippen LogP contribution in [0.4, 0.5) is 4.39 Å². The first-order chi connectivity index (χ1) is 7.33. The summed E-state index contributed by atoms with van der Waals surface area (Å²) in [5, 5.41) is 4.46. The van der Waals surface area contributed by atoms with E-state index in [4.69, 9.17) is 0 Å². The van der Waals surface area contributed by atoms with Crippen LogP contribution in [0.5, 0.6) is 0 Å². The van der Waals surface area contributed by atoms with Gasteiger partial charge in [-0.05, 0) is 25.1 Å². The Hall–Kier alpha value is -1.00. The summed E-state index contributed by atoms with van der Waals surface area (Å²) in [5.74, 6) is 0.314. The molecule has 4 heteroatoms. The van der Waals surface area contributed by atoms with Gasteiger partial charge in [-0.3, -0.25) is 0 Å². The third kappa shape index (κ3) is 1.64. The molecule has 0 bridgehead atoms. The minimum atomic E-state index is -0.205. The van der Waals surface area contributed by atoms with Crippen molar-refractivity contribution < 1.29 is 4.39 Å². The molecule has 78 valence electrons. The van der Waals surface area contributed by atoms with E-state index in [0.717, 1.165) is 34.7 Å². The minimum absolute atomic E-state index is 0.205. The van der Waals surface area contributed by atoms with Gasteiger partial charge >= 0.3 is 0 Å². The highest BCUT2D eigenvalue weighted by atomic mass is 32.1. The first-order valence-corrected chi connectivity index (χ1v) is 5.91. The number of halogens is 1. The second-order valence-electron chi connectivity index (χ2n) is 3.85. The molecule has 1 fully saturated rings. The molecule has 0 spiro atoms. The van der Waals surface area contributed by atoms with Crippen molar-refractivity contribution in [2.24, 2.45) is 0 Å². The molecule has 0 radical (unpaired) electrons. The van der Waals surface area contributed by atoms with Crippen LogP contribution < -0.4 is 5.32 Å². The fourth-order valence-electron chi connectivity index (χ4n) is 1.96. The predicted octanol–water partition coefficient (Wildman–Crippen LogP) is 2.51. The molecular formula is C11H11FN2S. The summed E-state index contributed by atoms with van der Waals surface area (Å²) in [6, 6.07) is 4.82. The van der Waals surface area contributed by atoms with Crippen LogP contribution in [-0.4, -0.2) is 18.1 Å². The van der Waals surface area contributed by atoms with E-state index in [1.165, 1.54) is 12.1 Å². The summed E-state index contributed by atoms with van der Waals surface area (Å²) < 4.78 is 14.1. The second kappa shape index (κ2) is 3.54. The van der Waals surface area contributed by atoms with Gasteiger partial charge in [0.2, 0.25) is 0 Å². The molecule has 3 rings (SSSR count). The van der Waals surface area contributed by atoms with Crippen molar-refractivity contribution >= 4 is 21.6 Å². The van der Waals surface area contributed by atoms with Crippen LogP contribution in [-0.2, 0) is 0 Å². The molecule has 15 heavy (non-hydrogen) atoms. The number of fused-ring (bicyclic) bond motifs is 1. The van der Waals surface area contributed by atoms with Gasteiger partial charge in [-0.1, -0.05) is 0 Å². The van der Waals surface area contributed by atoms with Crippen LogP contribution >= 0.6 is 11.3 Å². The Morgan fingerprint density at radius 1 is 1.47 bits per heavy atom. The standard InChI is InChI=1S/C11H11FN2S/c12-8-1-2-10-9(5-8)14-11(15-10)7-3-4-13-6-7/h1-2,5,7,13H,3-4,6H2. The van der Waals surface area contributed by atoms with Crippen LogP contribution in [0.3, 0.4) is 0 Å². The highest BCUT2D eigenvalue weighted by Gasteiger charge is 2.20. The summed E-state index contributed by atoms with van der Waals surface area (Å²) in [6.45, 7) is 2.07. The Bertz CT molecular complexity index is 488. The largest absolute Gasteiger partial charge is 0.316 e. The maximum atomic E-state index is 13.0. The Morgan fingerprint density at radius 3 is 3.20 bits per heavy atom. The molecule has 1 aromatic carbocycles. The molecule has 1 aliphatic heterocycles. The van der Waals surface area contributed by atoms with Crippen molar-refractivity contribution in [3.63, 3.8) is 0 Å². The first kappa shape index (κ1) is 9.24. The lowest BCUT2D eigenvalue weighted by molar-refractivity contribution is 0.629. The molecular weight excluding hydrogens is 211 g/mol. The molecule has 0 aliphatic carbocycles. The van der Waals surface area contributed by atoms with Gasteiger partial charge in [-0.2, -0.15) is 0 Å². The predicted molar refractivity (Wildman–Crippen MR) is 59.8 cm³/mol. The van der Waals surface area contributed by atoms with Gasteiger partial charge in [-0.15, -0.1) is 11.3 Å². The number of nitrogens with zero attached hydrogens (tertiary/aromatic N) is 1. The van der Waals surface area contributed by atoms with Crippen LogP contribution in [0.15, 0.2) is 18.2 Å². The quantitative estimate of drug-likeness (QED) is 0.802. The van der Waals surface area contributed by atoms with Crippen molar-refractivity contribution in [3.8, 4) is 0 Å². The normalized spacial score (nSPS) is 21.3. The molecule has 1 saturated heterocycles. The Morgan fingerprint density at radius 2 is 2.40 bits per heavy atom. The Labute approximate surface area is 91.1 Å². The fourth-order valence-corrected chi connectivity index (χ4v) is 3.04. The molecule has 1 unspecified atom stereocenters. The van der Waals surface area contributed by atoms with Crippen molar-refractivity contribution in [3.05, 3.63) is 29.0 Å². The van der Waals surface area contributed by atoms with Gasteiger partial charge in [-0.25, -0.2) is 9.37 Å². The minimum Gasteiger partial charge on any atom is -0.316 e. The lowest BCUT2D eigenvalue weighted by Gasteiger charge is -2.00. The lowest BCUT2D eigenvalue weighted by atomic mass is 10.1. The summed E-state index contributed by atoms with van der Waals surface area (Å²) >= 11 is 1.69. The molecule has 1 atom stereocenters. The fraction of sp³-hybridized carbons (Fsp3) is 0.364. The third-order valence-corrected chi connectivity index (χ3v) is 3.97. The maximum absolute atomic E-state index is 13.0. The highest BCUT2D eigenvalue weighted by molar-refractivity contribution is 7.18. The molecule has 2 nitrogen and oxygen atoms in total. The van der Waals surface area contributed by atoms with E-state index < -0.39 is 0 Å². The lowest BCUT2D eigenvalue weighted by Crippen LogP contribution is -2.07. The third-order valence-electron chi connectivity index (χ3n) is 2.78. The number of hydrogen-bond acceptors (Lipinski definition) is 3. The molecule has 0 saturated carbocycles. The van der Waals surface area contributed by atoms with E-state index in [1.807, 2.05) is 6.07 Å².